The molecule has 0 bridgehead atoms. The molecular formula is C18H25NO3. The molecule has 4 nitrogen and oxygen atoms in total. The Morgan fingerprint density at radius 1 is 1.27 bits per heavy atom. The Balaban J connectivity index is 2.19. The molecule has 1 amide bonds. The van der Waals surface area contributed by atoms with E-state index in [0.29, 0.717) is 6.54 Å². The number of likely N-dealkylation sites (tertiary alicyclic amines) is 1. The van der Waals surface area contributed by atoms with Gasteiger partial charge in [0, 0.05) is 12.6 Å². The van der Waals surface area contributed by atoms with E-state index in [1.165, 1.54) is 5.56 Å². The van der Waals surface area contributed by atoms with Crippen LogP contribution in [0.5, 0.6) is 0 Å². The predicted molar refractivity (Wildman–Crippen MR) is 85.8 cm³/mol. The van der Waals surface area contributed by atoms with E-state index in [0.717, 1.165) is 24.8 Å². The number of carbonyl (C=O) groups is 2. The van der Waals surface area contributed by atoms with Crippen LogP contribution >= 0.6 is 0 Å². The van der Waals surface area contributed by atoms with Gasteiger partial charge in [-0.05, 0) is 44.2 Å². The average molecular weight is 303 g/mol. The quantitative estimate of drug-likeness (QED) is 0.909. The fraction of sp³-hybridized carbons (Fsp3) is 0.556. The standard InChI is InChI=1S/C18H25NO3/c1-4-13-7-9-14(10-8-13)18(2,3)17(22)19-11-5-6-15(19)12-16(20)21/h7-10,15H,4-6,11-12H2,1-3H3,(H,20,21). The van der Waals surface area contributed by atoms with Gasteiger partial charge in [0.15, 0.2) is 0 Å². The van der Waals surface area contributed by atoms with Crippen LogP contribution in [0.4, 0.5) is 0 Å². The Labute approximate surface area is 132 Å². The number of amides is 1. The molecule has 1 atom stereocenters. The highest BCUT2D eigenvalue weighted by molar-refractivity contribution is 5.88. The van der Waals surface area contributed by atoms with Gasteiger partial charge in [-0.25, -0.2) is 0 Å². The summed E-state index contributed by atoms with van der Waals surface area (Å²) < 4.78 is 0. The van der Waals surface area contributed by atoms with Gasteiger partial charge in [0.2, 0.25) is 5.91 Å². The highest BCUT2D eigenvalue weighted by Crippen LogP contribution is 2.31. The molecule has 0 saturated carbocycles. The Morgan fingerprint density at radius 3 is 2.45 bits per heavy atom. The number of hydrogen-bond donors (Lipinski definition) is 1. The number of aryl methyl sites for hydroxylation is 1. The molecule has 22 heavy (non-hydrogen) atoms. The zero-order chi connectivity index (χ0) is 16.3. The fourth-order valence-corrected chi connectivity index (χ4v) is 3.16. The van der Waals surface area contributed by atoms with Gasteiger partial charge >= 0.3 is 5.97 Å². The summed E-state index contributed by atoms with van der Waals surface area (Å²) in [7, 11) is 0. The van der Waals surface area contributed by atoms with E-state index in [4.69, 9.17) is 5.11 Å². The van der Waals surface area contributed by atoms with Crippen molar-refractivity contribution in [2.24, 2.45) is 0 Å². The maximum absolute atomic E-state index is 12.9. The van der Waals surface area contributed by atoms with Crippen molar-refractivity contribution in [2.45, 2.75) is 57.9 Å². The largest absolute Gasteiger partial charge is 0.481 e. The molecule has 1 saturated heterocycles. The van der Waals surface area contributed by atoms with Gasteiger partial charge in [-0.1, -0.05) is 31.2 Å². The second kappa shape index (κ2) is 6.51. The molecule has 1 fully saturated rings. The molecule has 4 heteroatoms. The van der Waals surface area contributed by atoms with E-state index in [-0.39, 0.29) is 18.4 Å². The highest BCUT2D eigenvalue weighted by atomic mass is 16.4. The predicted octanol–water partition coefficient (Wildman–Crippen LogP) is 2.99. The highest BCUT2D eigenvalue weighted by Gasteiger charge is 2.39. The van der Waals surface area contributed by atoms with Crippen molar-refractivity contribution in [3.05, 3.63) is 35.4 Å². The summed E-state index contributed by atoms with van der Waals surface area (Å²) in [6, 6.07) is 7.98. The Bertz CT molecular complexity index is 548. The lowest BCUT2D eigenvalue weighted by molar-refractivity contribution is -0.141. The summed E-state index contributed by atoms with van der Waals surface area (Å²) in [6.07, 6.45) is 2.68. The van der Waals surface area contributed by atoms with Crippen LogP contribution in [0.1, 0.15) is 51.2 Å². The number of rotatable bonds is 5. The number of aliphatic carboxylic acids is 1. The molecule has 0 radical (unpaired) electrons. The molecule has 1 heterocycles. The third-order valence-electron chi connectivity index (χ3n) is 4.67. The molecular weight excluding hydrogens is 278 g/mol. The van der Waals surface area contributed by atoms with E-state index in [9.17, 15) is 9.59 Å². The SMILES string of the molecule is CCc1ccc(C(C)(C)C(=O)N2CCCC2CC(=O)O)cc1. The van der Waals surface area contributed by atoms with Gasteiger partial charge in [-0.2, -0.15) is 0 Å². The molecule has 1 aliphatic heterocycles. The van der Waals surface area contributed by atoms with Gasteiger partial charge < -0.3 is 10.0 Å². The van der Waals surface area contributed by atoms with Crippen molar-refractivity contribution >= 4 is 11.9 Å². The van der Waals surface area contributed by atoms with Crippen LogP contribution in [0.2, 0.25) is 0 Å². The Morgan fingerprint density at radius 2 is 1.91 bits per heavy atom. The van der Waals surface area contributed by atoms with Gasteiger partial charge in [0.05, 0.1) is 11.8 Å². The molecule has 120 valence electrons. The van der Waals surface area contributed by atoms with Gasteiger partial charge in [0.25, 0.3) is 0 Å². The van der Waals surface area contributed by atoms with Crippen molar-refractivity contribution in [2.75, 3.05) is 6.54 Å². The van der Waals surface area contributed by atoms with Crippen LogP contribution in [0.25, 0.3) is 0 Å². The normalized spacial score (nSPS) is 18.5. The van der Waals surface area contributed by atoms with Crippen molar-refractivity contribution in [1.29, 1.82) is 0 Å². The molecule has 0 aromatic heterocycles. The topological polar surface area (TPSA) is 57.6 Å². The number of nitrogens with zero attached hydrogens (tertiary/aromatic N) is 1. The summed E-state index contributed by atoms with van der Waals surface area (Å²) in [4.78, 5) is 25.7. The first-order valence-electron chi connectivity index (χ1n) is 7.98. The first-order chi connectivity index (χ1) is 10.4. The maximum Gasteiger partial charge on any atom is 0.305 e. The summed E-state index contributed by atoms with van der Waals surface area (Å²) in [6.45, 7) is 6.61. The van der Waals surface area contributed by atoms with E-state index in [2.05, 4.69) is 19.1 Å². The van der Waals surface area contributed by atoms with E-state index < -0.39 is 11.4 Å². The van der Waals surface area contributed by atoms with Gasteiger partial charge in [-0.15, -0.1) is 0 Å². The smallest absolute Gasteiger partial charge is 0.305 e. The number of carbonyl (C=O) groups excluding carboxylic acids is 1. The molecule has 1 unspecified atom stereocenters. The molecule has 1 aromatic rings. The monoisotopic (exact) mass is 303 g/mol. The number of carboxylic acids is 1. The van der Waals surface area contributed by atoms with Crippen LogP contribution in [-0.2, 0) is 21.4 Å². The molecule has 1 aliphatic rings. The first-order valence-corrected chi connectivity index (χ1v) is 7.98. The summed E-state index contributed by atoms with van der Waals surface area (Å²) in [5.74, 6) is -0.810. The van der Waals surface area contributed by atoms with Crippen molar-refractivity contribution in [1.82, 2.24) is 4.90 Å². The van der Waals surface area contributed by atoms with Gasteiger partial charge in [-0.3, -0.25) is 9.59 Å². The average Bonchev–Trinajstić information content (AvgIpc) is 2.93. The van der Waals surface area contributed by atoms with Crippen LogP contribution < -0.4 is 0 Å². The zero-order valence-corrected chi connectivity index (χ0v) is 13.6. The second-order valence-corrected chi connectivity index (χ2v) is 6.57. The Hall–Kier alpha value is -1.84. The molecule has 0 spiro atoms. The lowest BCUT2D eigenvalue weighted by Gasteiger charge is -2.33. The van der Waals surface area contributed by atoms with Crippen LogP contribution in [0.15, 0.2) is 24.3 Å². The molecule has 1 aromatic carbocycles. The van der Waals surface area contributed by atoms with Gasteiger partial charge in [0.1, 0.15) is 0 Å². The minimum Gasteiger partial charge on any atom is -0.481 e. The Kier molecular flexibility index (Phi) is 4.89. The summed E-state index contributed by atoms with van der Waals surface area (Å²) in [5, 5.41) is 9.01. The van der Waals surface area contributed by atoms with Crippen molar-refractivity contribution in [3.8, 4) is 0 Å². The zero-order valence-electron chi connectivity index (χ0n) is 13.6. The third-order valence-corrected chi connectivity index (χ3v) is 4.67. The number of hydrogen-bond acceptors (Lipinski definition) is 2. The fourth-order valence-electron chi connectivity index (χ4n) is 3.16. The molecule has 2 rings (SSSR count). The van der Waals surface area contributed by atoms with E-state index in [1.54, 1.807) is 4.90 Å². The van der Waals surface area contributed by atoms with Crippen molar-refractivity contribution < 1.29 is 14.7 Å². The number of carboxylic acid groups (broad SMARTS) is 1. The van der Waals surface area contributed by atoms with Crippen molar-refractivity contribution in [3.63, 3.8) is 0 Å². The van der Waals surface area contributed by atoms with E-state index in [1.807, 2.05) is 26.0 Å². The minimum absolute atomic E-state index is 0.0282. The number of benzene rings is 1. The van der Waals surface area contributed by atoms with E-state index >= 15 is 0 Å². The first kappa shape index (κ1) is 16.5. The molecule has 0 aliphatic carbocycles. The van der Waals surface area contributed by atoms with Crippen LogP contribution in [0.3, 0.4) is 0 Å². The van der Waals surface area contributed by atoms with Crippen LogP contribution in [0, 0.1) is 0 Å². The summed E-state index contributed by atoms with van der Waals surface area (Å²) in [5.41, 5.74) is 1.60. The van der Waals surface area contributed by atoms with Crippen LogP contribution in [-0.4, -0.2) is 34.5 Å². The lowest BCUT2D eigenvalue weighted by Crippen LogP contribution is -2.46. The third kappa shape index (κ3) is 3.32. The lowest BCUT2D eigenvalue weighted by atomic mass is 9.82. The minimum atomic E-state index is -0.838. The molecule has 1 N–H and O–H groups in total. The second-order valence-electron chi connectivity index (χ2n) is 6.57. The summed E-state index contributed by atoms with van der Waals surface area (Å²) >= 11 is 0. The maximum atomic E-state index is 12.9.